The van der Waals surface area contributed by atoms with Gasteiger partial charge in [0.15, 0.2) is 17.3 Å². The number of nitrogens with zero attached hydrogens (tertiary/aromatic N) is 7. The number of methoxy groups -OCH3 is 1. The average molecular weight is 552 g/mol. The van der Waals surface area contributed by atoms with Gasteiger partial charge in [0, 0.05) is 50.9 Å². The van der Waals surface area contributed by atoms with Crippen molar-refractivity contribution in [1.82, 2.24) is 29.9 Å². The maximum atomic E-state index is 13.5. The van der Waals surface area contributed by atoms with E-state index in [-0.39, 0.29) is 56.9 Å². The van der Waals surface area contributed by atoms with E-state index >= 15 is 0 Å². The topological polar surface area (TPSA) is 121 Å². The lowest BCUT2D eigenvalue weighted by Crippen LogP contribution is -2.42. The molecule has 2 aliphatic heterocycles. The van der Waals surface area contributed by atoms with Crippen LogP contribution in [0.5, 0.6) is 0 Å². The number of amides is 1. The maximum absolute atomic E-state index is 13.5. The van der Waals surface area contributed by atoms with Crippen LogP contribution >= 0.6 is 0 Å². The van der Waals surface area contributed by atoms with E-state index in [1.807, 2.05) is 12.2 Å². The van der Waals surface area contributed by atoms with E-state index < -0.39 is 5.92 Å². The second-order valence-electron chi connectivity index (χ2n) is 10.0. The molecule has 6 rings (SSSR count). The predicted octanol–water partition coefficient (Wildman–Crippen LogP) is 3.94. The van der Waals surface area contributed by atoms with Crippen LogP contribution < -0.4 is 0 Å². The monoisotopic (exact) mass is 551 g/mol. The smallest absolute Gasteiger partial charge is 0.255 e. The minimum Gasteiger partial charge on any atom is -0.473 e. The van der Waals surface area contributed by atoms with Crippen molar-refractivity contribution in [2.24, 2.45) is 16.9 Å². The van der Waals surface area contributed by atoms with Gasteiger partial charge in [0.25, 0.3) is 11.8 Å². The lowest BCUT2D eigenvalue weighted by molar-refractivity contribution is -0.0494. The van der Waals surface area contributed by atoms with Crippen molar-refractivity contribution < 1.29 is 27.6 Å². The summed E-state index contributed by atoms with van der Waals surface area (Å²) in [6, 6.07) is 5.06. The fourth-order valence-corrected chi connectivity index (χ4v) is 5.03. The first-order valence-electron chi connectivity index (χ1n) is 13.0. The van der Waals surface area contributed by atoms with Gasteiger partial charge in [0.05, 0.1) is 17.2 Å². The molecule has 13 heteroatoms. The van der Waals surface area contributed by atoms with Crippen molar-refractivity contribution >= 4 is 17.4 Å². The van der Waals surface area contributed by atoms with Gasteiger partial charge in [-0.1, -0.05) is 30.3 Å². The molecule has 3 aliphatic rings. The summed E-state index contributed by atoms with van der Waals surface area (Å²) < 4.78 is 45.1. The molecule has 1 aliphatic carbocycles. The van der Waals surface area contributed by atoms with Gasteiger partial charge in [0.1, 0.15) is 13.2 Å². The van der Waals surface area contributed by atoms with Crippen molar-refractivity contribution in [3.05, 3.63) is 65.5 Å². The number of allylic oxidation sites excluding steroid dienone is 3. The Kier molecular flexibility index (Phi) is 6.74. The summed E-state index contributed by atoms with van der Waals surface area (Å²) in [6.45, 7) is 2.50. The number of carbonyl (C=O) groups excluding carboxylic acids is 1. The Hall–Kier alpha value is -4.26. The van der Waals surface area contributed by atoms with Gasteiger partial charge in [-0.2, -0.15) is 4.68 Å². The number of pyridine rings is 1. The third-order valence-corrected chi connectivity index (χ3v) is 7.21. The SMILES string of the molecule is COCc1cc(-c2nnc3n2N=C(OCc2ccc(C(=O)N4CCC(F)(F)CC4)cn2)C2C3=CC=CC2C)no1. The molecule has 1 saturated heterocycles. The largest absolute Gasteiger partial charge is 0.473 e. The molecule has 0 spiro atoms. The molecule has 5 heterocycles. The second-order valence-corrected chi connectivity index (χ2v) is 10.0. The molecule has 11 nitrogen and oxygen atoms in total. The lowest BCUT2D eigenvalue weighted by atomic mass is 9.82. The Morgan fingerprint density at radius 3 is 2.73 bits per heavy atom. The van der Waals surface area contributed by atoms with E-state index in [1.54, 1.807) is 30.0 Å². The molecule has 0 radical (unpaired) electrons. The molecule has 0 aromatic carbocycles. The number of halogens is 2. The Bertz CT molecular complexity index is 1500. The number of rotatable bonds is 6. The zero-order valence-corrected chi connectivity index (χ0v) is 22.0. The predicted molar refractivity (Wildman–Crippen MR) is 138 cm³/mol. The molecular weight excluding hydrogens is 524 g/mol. The number of hydrogen-bond acceptors (Lipinski definition) is 9. The van der Waals surface area contributed by atoms with Crippen molar-refractivity contribution in [2.45, 2.75) is 38.9 Å². The summed E-state index contributed by atoms with van der Waals surface area (Å²) in [7, 11) is 1.57. The molecule has 3 aromatic heterocycles. The number of alkyl halides is 2. The van der Waals surface area contributed by atoms with E-state index in [2.05, 4.69) is 33.3 Å². The molecule has 1 amide bonds. The van der Waals surface area contributed by atoms with Crippen LogP contribution in [0.4, 0.5) is 8.78 Å². The quantitative estimate of drug-likeness (QED) is 0.452. The normalized spacial score (nSPS) is 21.4. The molecule has 0 bridgehead atoms. The van der Waals surface area contributed by atoms with E-state index in [4.69, 9.17) is 19.1 Å². The Labute approximate surface area is 228 Å². The van der Waals surface area contributed by atoms with Gasteiger partial charge in [-0.05, 0) is 18.1 Å². The highest BCUT2D eigenvalue weighted by molar-refractivity contribution is 5.95. The third kappa shape index (κ3) is 4.92. The van der Waals surface area contributed by atoms with E-state index in [1.165, 1.54) is 11.1 Å². The molecular formula is C27H27F2N7O4. The molecule has 0 saturated carbocycles. The van der Waals surface area contributed by atoms with Crippen LogP contribution in [0.15, 0.2) is 52.2 Å². The standard InChI is InChI=1S/C27H27F2N7O4/c1-16-4-3-5-20-22(16)25(33-36-23(20)31-32-24(36)21-12-19(15-38-2)40-34-21)39-14-18-7-6-17(13-30-18)26(37)35-10-8-27(28,29)9-11-35/h3-7,12-13,16,22H,8-11,14-15H2,1-2H3. The second kappa shape index (κ2) is 10.4. The summed E-state index contributed by atoms with van der Waals surface area (Å²) in [6.07, 6.45) is 6.82. The molecule has 2 atom stereocenters. The van der Waals surface area contributed by atoms with Crippen molar-refractivity contribution in [1.29, 1.82) is 0 Å². The van der Waals surface area contributed by atoms with Crippen LogP contribution in [0, 0.1) is 11.8 Å². The number of likely N-dealkylation sites (tertiary alicyclic amines) is 1. The van der Waals surface area contributed by atoms with Crippen LogP contribution in [-0.4, -0.2) is 67.8 Å². The first-order valence-corrected chi connectivity index (χ1v) is 13.0. The third-order valence-electron chi connectivity index (χ3n) is 7.21. The minimum atomic E-state index is -2.71. The van der Waals surface area contributed by atoms with Gasteiger partial charge >= 0.3 is 0 Å². The Morgan fingerprint density at radius 1 is 1.18 bits per heavy atom. The number of aromatic nitrogens is 5. The van der Waals surface area contributed by atoms with E-state index in [0.717, 1.165) is 5.57 Å². The van der Waals surface area contributed by atoms with Crippen LogP contribution in [0.25, 0.3) is 17.1 Å². The van der Waals surface area contributed by atoms with Crippen molar-refractivity contribution in [2.75, 3.05) is 20.2 Å². The summed E-state index contributed by atoms with van der Waals surface area (Å²) >= 11 is 0. The summed E-state index contributed by atoms with van der Waals surface area (Å²) in [5.41, 5.74) is 2.32. The van der Waals surface area contributed by atoms with Crippen LogP contribution in [-0.2, 0) is 22.7 Å². The maximum Gasteiger partial charge on any atom is 0.255 e. The van der Waals surface area contributed by atoms with E-state index in [0.29, 0.717) is 40.3 Å². The molecule has 3 aromatic rings. The highest BCUT2D eigenvalue weighted by Crippen LogP contribution is 2.38. The number of carbonyl (C=O) groups is 1. The highest BCUT2D eigenvalue weighted by atomic mass is 19.3. The molecule has 208 valence electrons. The first-order chi connectivity index (χ1) is 19.3. The van der Waals surface area contributed by atoms with Crippen LogP contribution in [0.3, 0.4) is 0 Å². The summed E-state index contributed by atoms with van der Waals surface area (Å²) in [5.74, 6) is -1.09. The minimum absolute atomic E-state index is 0.0233. The van der Waals surface area contributed by atoms with Crippen molar-refractivity contribution in [3.63, 3.8) is 0 Å². The molecule has 2 unspecified atom stereocenters. The van der Waals surface area contributed by atoms with Gasteiger partial charge in [-0.15, -0.1) is 15.3 Å². The highest BCUT2D eigenvalue weighted by Gasteiger charge is 2.38. The fourth-order valence-electron chi connectivity index (χ4n) is 5.03. The van der Waals surface area contributed by atoms with Gasteiger partial charge in [-0.3, -0.25) is 9.78 Å². The van der Waals surface area contributed by atoms with Crippen LogP contribution in [0.2, 0.25) is 0 Å². The van der Waals surface area contributed by atoms with Gasteiger partial charge < -0.3 is 18.9 Å². The number of ether oxygens (including phenoxy) is 2. The Morgan fingerprint density at radius 2 is 1.98 bits per heavy atom. The molecule has 0 N–H and O–H groups in total. The van der Waals surface area contributed by atoms with Crippen LogP contribution in [0.1, 0.15) is 47.4 Å². The first kappa shape index (κ1) is 26.0. The zero-order chi connectivity index (χ0) is 27.9. The summed E-state index contributed by atoms with van der Waals surface area (Å²) in [4.78, 5) is 18.6. The van der Waals surface area contributed by atoms with Gasteiger partial charge in [0.2, 0.25) is 11.7 Å². The van der Waals surface area contributed by atoms with E-state index in [9.17, 15) is 13.6 Å². The summed E-state index contributed by atoms with van der Waals surface area (Å²) in [5, 5.41) is 17.5. The average Bonchev–Trinajstić information content (AvgIpc) is 3.59. The molecule has 40 heavy (non-hydrogen) atoms. The lowest BCUT2D eigenvalue weighted by Gasteiger charge is -2.31. The number of fused-ring (bicyclic) bond motifs is 3. The zero-order valence-electron chi connectivity index (χ0n) is 22.0. The van der Waals surface area contributed by atoms with Crippen molar-refractivity contribution in [3.8, 4) is 11.5 Å². The Balaban J connectivity index is 1.21. The number of piperidine rings is 1. The molecule has 1 fully saturated rings. The fraction of sp³-hybridized carbons (Fsp3) is 0.407. The van der Waals surface area contributed by atoms with Gasteiger partial charge in [-0.25, -0.2) is 8.78 Å². The number of hydrogen-bond donors (Lipinski definition) is 0.